The third-order valence-electron chi connectivity index (χ3n) is 2.75. The summed E-state index contributed by atoms with van der Waals surface area (Å²) < 4.78 is 4.68. The minimum atomic E-state index is -0.176. The Balaban J connectivity index is 2.10. The number of methoxy groups -OCH3 is 1. The maximum Gasteiger partial charge on any atom is 0.322 e. The van der Waals surface area contributed by atoms with Crippen molar-refractivity contribution >= 4 is 5.97 Å². The maximum atomic E-state index is 11.2. The minimum absolute atomic E-state index is 0.154. The van der Waals surface area contributed by atoms with Gasteiger partial charge in [0.2, 0.25) is 0 Å². The van der Waals surface area contributed by atoms with Crippen molar-refractivity contribution in [2.24, 2.45) is 0 Å². The quantitative estimate of drug-likeness (QED) is 0.397. The predicted octanol–water partition coefficient (Wildman–Crippen LogP) is 0.601. The van der Waals surface area contributed by atoms with E-state index >= 15 is 0 Å². The van der Waals surface area contributed by atoms with Gasteiger partial charge in [-0.1, -0.05) is 13.3 Å². The third-order valence-corrected chi connectivity index (χ3v) is 2.75. The molecule has 1 saturated heterocycles. The molecule has 1 aliphatic heterocycles. The number of unbranched alkanes of at least 4 members (excludes halogenated alkanes) is 1. The van der Waals surface area contributed by atoms with Crippen LogP contribution in [0.15, 0.2) is 0 Å². The maximum absolute atomic E-state index is 11.2. The van der Waals surface area contributed by atoms with E-state index < -0.39 is 0 Å². The van der Waals surface area contributed by atoms with Crippen LogP contribution in [0, 0.1) is 0 Å². The molecule has 0 bridgehead atoms. The Bertz CT molecular complexity index is 203. The molecule has 0 radical (unpaired) electrons. The predicted molar refractivity (Wildman–Crippen MR) is 60.8 cm³/mol. The number of hydrogen-bond acceptors (Lipinski definition) is 5. The van der Waals surface area contributed by atoms with Gasteiger partial charge in [-0.05, 0) is 19.3 Å². The van der Waals surface area contributed by atoms with Gasteiger partial charge in [0.25, 0.3) is 0 Å². The molecule has 0 spiro atoms. The van der Waals surface area contributed by atoms with Gasteiger partial charge in [0.1, 0.15) is 6.04 Å². The van der Waals surface area contributed by atoms with E-state index in [0.29, 0.717) is 0 Å². The summed E-state index contributed by atoms with van der Waals surface area (Å²) in [4.78, 5) is 16.6. The molecule has 0 aliphatic carbocycles. The van der Waals surface area contributed by atoms with E-state index in [9.17, 15) is 4.79 Å². The molecule has 5 heteroatoms. The van der Waals surface area contributed by atoms with Gasteiger partial charge in [-0.3, -0.25) is 4.79 Å². The second kappa shape index (κ2) is 7.60. The number of nitrogens with one attached hydrogen (secondary N) is 2. The molecule has 2 atom stereocenters. The molecule has 5 nitrogen and oxygen atoms in total. The summed E-state index contributed by atoms with van der Waals surface area (Å²) in [5, 5.41) is 3.14. The first-order chi connectivity index (χ1) is 7.77. The van der Waals surface area contributed by atoms with Crippen molar-refractivity contribution in [3.05, 3.63) is 0 Å². The first kappa shape index (κ1) is 13.4. The molecular formula is C11H22N2O3. The van der Waals surface area contributed by atoms with Gasteiger partial charge in [0, 0.05) is 12.6 Å². The van der Waals surface area contributed by atoms with Crippen molar-refractivity contribution in [1.82, 2.24) is 10.8 Å². The van der Waals surface area contributed by atoms with E-state index in [1.54, 1.807) is 0 Å². The second-order valence-electron chi connectivity index (χ2n) is 4.08. The van der Waals surface area contributed by atoms with Gasteiger partial charge in [0.05, 0.1) is 13.7 Å². The first-order valence-corrected chi connectivity index (χ1v) is 5.96. The number of esters is 1. The Labute approximate surface area is 96.8 Å². The zero-order valence-electron chi connectivity index (χ0n) is 10.1. The van der Waals surface area contributed by atoms with Crippen LogP contribution in [-0.4, -0.2) is 38.3 Å². The number of hydroxylamine groups is 1. The van der Waals surface area contributed by atoms with Gasteiger partial charge < -0.3 is 14.9 Å². The highest BCUT2D eigenvalue weighted by atomic mass is 16.6. The summed E-state index contributed by atoms with van der Waals surface area (Å²) >= 11 is 0. The molecule has 16 heavy (non-hydrogen) atoms. The van der Waals surface area contributed by atoms with E-state index in [1.165, 1.54) is 7.11 Å². The monoisotopic (exact) mass is 230 g/mol. The average Bonchev–Trinajstić information content (AvgIpc) is 2.34. The van der Waals surface area contributed by atoms with Crippen molar-refractivity contribution in [3.63, 3.8) is 0 Å². The fraction of sp³-hybridized carbons (Fsp3) is 0.909. The fourth-order valence-corrected chi connectivity index (χ4v) is 1.69. The Morgan fingerprint density at radius 2 is 2.31 bits per heavy atom. The molecule has 0 amide bonds. The molecule has 1 aliphatic rings. The lowest BCUT2D eigenvalue weighted by Gasteiger charge is -2.28. The molecule has 0 aromatic rings. The summed E-state index contributed by atoms with van der Waals surface area (Å²) in [6, 6.07) is 0.136. The average molecular weight is 230 g/mol. The topological polar surface area (TPSA) is 59.6 Å². The summed E-state index contributed by atoms with van der Waals surface area (Å²) in [5.41, 5.74) is 3.02. The Hall–Kier alpha value is -0.650. The molecule has 0 unspecified atom stereocenters. The van der Waals surface area contributed by atoms with Crippen molar-refractivity contribution in [1.29, 1.82) is 0 Å². The van der Waals surface area contributed by atoms with Crippen molar-refractivity contribution in [2.75, 3.05) is 20.3 Å². The lowest BCUT2D eigenvalue weighted by atomic mass is 10.0. The highest BCUT2D eigenvalue weighted by Crippen LogP contribution is 2.09. The third kappa shape index (κ3) is 4.47. The molecule has 2 N–H and O–H groups in total. The number of carbonyl (C=O) groups is 1. The molecule has 0 aromatic carbocycles. The minimum Gasteiger partial charge on any atom is -0.468 e. The normalized spacial score (nSPS) is 25.4. The lowest BCUT2D eigenvalue weighted by molar-refractivity contribution is -0.144. The van der Waals surface area contributed by atoms with E-state index in [1.807, 2.05) is 0 Å². The Kier molecular flexibility index (Phi) is 6.37. The lowest BCUT2D eigenvalue weighted by Crippen LogP contribution is -2.51. The molecule has 1 rings (SSSR count). The molecular weight excluding hydrogens is 208 g/mol. The number of hydrogen-bond donors (Lipinski definition) is 2. The number of carbonyl (C=O) groups excluding carboxylic acids is 1. The van der Waals surface area contributed by atoms with Crippen molar-refractivity contribution < 1.29 is 14.4 Å². The molecule has 1 heterocycles. The van der Waals surface area contributed by atoms with Crippen LogP contribution >= 0.6 is 0 Å². The van der Waals surface area contributed by atoms with E-state index in [2.05, 4.69) is 22.5 Å². The summed E-state index contributed by atoms with van der Waals surface area (Å²) in [5.74, 6) is -0.176. The van der Waals surface area contributed by atoms with Crippen LogP contribution in [0.1, 0.15) is 32.6 Å². The van der Waals surface area contributed by atoms with Crippen LogP contribution in [0.2, 0.25) is 0 Å². The molecule has 0 aromatic heterocycles. The van der Waals surface area contributed by atoms with Gasteiger partial charge in [0.15, 0.2) is 0 Å². The number of rotatable bonds is 6. The van der Waals surface area contributed by atoms with Crippen LogP contribution in [0.5, 0.6) is 0 Å². The Morgan fingerprint density at radius 3 is 2.88 bits per heavy atom. The highest BCUT2D eigenvalue weighted by molar-refractivity contribution is 5.75. The number of ether oxygens (including phenoxy) is 1. The zero-order chi connectivity index (χ0) is 11.8. The standard InChI is InChI=1S/C11H22N2O3/c1-3-4-7-16-13-9-5-6-10(12-8-9)11(14)15-2/h9-10,12-13H,3-8H2,1-2H3/t9-,10+/m1/s1. The number of piperidine rings is 1. The summed E-state index contributed by atoms with van der Waals surface area (Å²) in [7, 11) is 1.42. The fourth-order valence-electron chi connectivity index (χ4n) is 1.69. The van der Waals surface area contributed by atoms with Crippen LogP contribution < -0.4 is 10.8 Å². The summed E-state index contributed by atoms with van der Waals surface area (Å²) in [6.07, 6.45) is 3.92. The molecule has 0 saturated carbocycles. The molecule has 1 fully saturated rings. The van der Waals surface area contributed by atoms with Gasteiger partial charge in [-0.15, -0.1) is 0 Å². The zero-order valence-corrected chi connectivity index (χ0v) is 10.1. The van der Waals surface area contributed by atoms with Gasteiger partial charge in [-0.2, -0.15) is 5.48 Å². The van der Waals surface area contributed by atoms with Gasteiger partial charge in [-0.25, -0.2) is 0 Å². The van der Waals surface area contributed by atoms with Crippen molar-refractivity contribution in [2.45, 2.75) is 44.7 Å². The van der Waals surface area contributed by atoms with E-state index in [-0.39, 0.29) is 18.1 Å². The van der Waals surface area contributed by atoms with E-state index in [0.717, 1.165) is 38.8 Å². The van der Waals surface area contributed by atoms with Gasteiger partial charge >= 0.3 is 5.97 Å². The molecule has 94 valence electrons. The largest absolute Gasteiger partial charge is 0.468 e. The van der Waals surface area contributed by atoms with Crippen LogP contribution in [0.25, 0.3) is 0 Å². The smallest absolute Gasteiger partial charge is 0.322 e. The summed E-state index contributed by atoms with van der Waals surface area (Å²) in [6.45, 7) is 3.62. The highest BCUT2D eigenvalue weighted by Gasteiger charge is 2.26. The Morgan fingerprint density at radius 1 is 1.50 bits per heavy atom. The van der Waals surface area contributed by atoms with E-state index in [4.69, 9.17) is 4.84 Å². The van der Waals surface area contributed by atoms with Crippen LogP contribution in [0.4, 0.5) is 0 Å². The second-order valence-corrected chi connectivity index (χ2v) is 4.08. The SMILES string of the molecule is CCCCON[C@@H]1CC[C@@H](C(=O)OC)NC1. The van der Waals surface area contributed by atoms with Crippen LogP contribution in [-0.2, 0) is 14.4 Å². The first-order valence-electron chi connectivity index (χ1n) is 5.96. The van der Waals surface area contributed by atoms with Crippen LogP contribution in [0.3, 0.4) is 0 Å². The van der Waals surface area contributed by atoms with Crippen molar-refractivity contribution in [3.8, 4) is 0 Å².